The van der Waals surface area contributed by atoms with Crippen LogP contribution in [0.4, 0.5) is 0 Å². The maximum atomic E-state index is 6.13. The highest BCUT2D eigenvalue weighted by molar-refractivity contribution is 5.83. The summed E-state index contributed by atoms with van der Waals surface area (Å²) in [6, 6.07) is 8.67. The van der Waals surface area contributed by atoms with Crippen molar-refractivity contribution in [1.29, 1.82) is 0 Å². The fourth-order valence-corrected chi connectivity index (χ4v) is 3.28. The van der Waals surface area contributed by atoms with Gasteiger partial charge in [-0.1, -0.05) is 18.2 Å². The molecule has 1 atom stereocenters. The number of nitrogens with zero attached hydrogens (tertiary/aromatic N) is 1. The third-order valence-corrected chi connectivity index (χ3v) is 4.24. The Morgan fingerprint density at radius 3 is 2.90 bits per heavy atom. The van der Waals surface area contributed by atoms with Crippen LogP contribution < -0.4 is 5.73 Å². The van der Waals surface area contributed by atoms with Gasteiger partial charge >= 0.3 is 0 Å². The lowest BCUT2D eigenvalue weighted by molar-refractivity contribution is -0.0212. The van der Waals surface area contributed by atoms with Gasteiger partial charge in [0.25, 0.3) is 0 Å². The van der Waals surface area contributed by atoms with E-state index >= 15 is 0 Å². The second kappa shape index (κ2) is 5.23. The Kier molecular flexibility index (Phi) is 3.57. The van der Waals surface area contributed by atoms with Gasteiger partial charge in [-0.2, -0.15) is 0 Å². The van der Waals surface area contributed by atoms with Gasteiger partial charge in [0.05, 0.1) is 17.2 Å². The molecule has 108 valence electrons. The molecule has 2 heterocycles. The molecule has 0 saturated carbocycles. The first-order valence-electron chi connectivity index (χ1n) is 7.54. The number of rotatable bonds is 4. The van der Waals surface area contributed by atoms with E-state index in [9.17, 15) is 0 Å². The number of hydrogen-bond acceptors (Lipinski definition) is 2. The molecule has 3 nitrogen and oxygen atoms in total. The third kappa shape index (κ3) is 2.60. The van der Waals surface area contributed by atoms with E-state index in [2.05, 4.69) is 48.9 Å². The van der Waals surface area contributed by atoms with E-state index in [1.54, 1.807) is 0 Å². The van der Waals surface area contributed by atoms with Crippen molar-refractivity contribution >= 4 is 10.9 Å². The van der Waals surface area contributed by atoms with E-state index in [-0.39, 0.29) is 5.60 Å². The number of para-hydroxylation sites is 1. The number of nitrogens with two attached hydrogens (primary N) is 1. The van der Waals surface area contributed by atoms with E-state index in [4.69, 9.17) is 10.5 Å². The summed E-state index contributed by atoms with van der Waals surface area (Å²) in [5.74, 6) is 0. The summed E-state index contributed by atoms with van der Waals surface area (Å²) in [5, 5.41) is 1.30. The molecule has 1 unspecified atom stereocenters. The Labute approximate surface area is 120 Å². The number of ether oxygens (including phenoxy) is 1. The van der Waals surface area contributed by atoms with Gasteiger partial charge in [-0.05, 0) is 56.7 Å². The molecule has 0 aliphatic carbocycles. The topological polar surface area (TPSA) is 40.2 Å². The highest BCUT2D eigenvalue weighted by Crippen LogP contribution is 2.31. The molecule has 3 rings (SSSR count). The van der Waals surface area contributed by atoms with Crippen LogP contribution in [0, 0.1) is 0 Å². The lowest BCUT2D eigenvalue weighted by Gasteiger charge is -2.20. The van der Waals surface area contributed by atoms with Crippen LogP contribution >= 0.6 is 0 Å². The molecule has 2 aromatic rings. The molecule has 3 heteroatoms. The molecular weight excluding hydrogens is 248 g/mol. The smallest absolute Gasteiger partial charge is 0.0762 e. The van der Waals surface area contributed by atoms with Gasteiger partial charge in [0.1, 0.15) is 0 Å². The van der Waals surface area contributed by atoms with Crippen molar-refractivity contribution in [3.63, 3.8) is 0 Å². The fraction of sp³-hybridized carbons (Fsp3) is 0.529. The van der Waals surface area contributed by atoms with E-state index in [1.807, 2.05) is 0 Å². The summed E-state index contributed by atoms with van der Waals surface area (Å²) >= 11 is 0. The zero-order valence-corrected chi connectivity index (χ0v) is 12.4. The SMILES string of the molecule is CC1(C)CCC(Cn2ccc3cccc(CCN)c32)O1. The molecule has 0 bridgehead atoms. The second-order valence-electron chi connectivity index (χ2n) is 6.40. The molecule has 1 saturated heterocycles. The van der Waals surface area contributed by atoms with Crippen molar-refractivity contribution in [3.8, 4) is 0 Å². The molecule has 2 N–H and O–H groups in total. The first-order valence-corrected chi connectivity index (χ1v) is 7.54. The van der Waals surface area contributed by atoms with Gasteiger partial charge in [0.2, 0.25) is 0 Å². The molecule has 1 fully saturated rings. The Morgan fingerprint density at radius 1 is 1.35 bits per heavy atom. The summed E-state index contributed by atoms with van der Waals surface area (Å²) in [6.07, 6.45) is 5.72. The number of benzene rings is 1. The molecule has 0 radical (unpaired) electrons. The molecule has 0 amide bonds. The standard InChI is InChI=1S/C17H24N2O/c1-17(2)9-6-15(20-17)12-19-11-8-14-5-3-4-13(7-10-18)16(14)19/h3-5,8,11,15H,6-7,9-10,12,18H2,1-2H3. The van der Waals surface area contributed by atoms with Crippen LogP contribution in [0.1, 0.15) is 32.3 Å². The van der Waals surface area contributed by atoms with Gasteiger partial charge in [-0.3, -0.25) is 0 Å². The third-order valence-electron chi connectivity index (χ3n) is 4.24. The molecule has 1 aromatic carbocycles. The molecule has 1 aliphatic heterocycles. The van der Waals surface area contributed by atoms with Gasteiger partial charge in [-0.15, -0.1) is 0 Å². The summed E-state index contributed by atoms with van der Waals surface area (Å²) in [7, 11) is 0. The molecule has 1 aliphatic rings. The van der Waals surface area contributed by atoms with Gasteiger partial charge in [0, 0.05) is 12.7 Å². The average molecular weight is 272 g/mol. The Bertz CT molecular complexity index is 600. The molecule has 20 heavy (non-hydrogen) atoms. The summed E-state index contributed by atoms with van der Waals surface area (Å²) < 4.78 is 8.46. The Balaban J connectivity index is 1.88. The molecule has 1 aromatic heterocycles. The minimum atomic E-state index is 0.0354. The van der Waals surface area contributed by atoms with Gasteiger partial charge in [0.15, 0.2) is 0 Å². The number of fused-ring (bicyclic) bond motifs is 1. The van der Waals surface area contributed by atoms with E-state index in [0.29, 0.717) is 12.6 Å². The van der Waals surface area contributed by atoms with E-state index in [0.717, 1.165) is 25.8 Å². The first-order chi connectivity index (χ1) is 9.59. The minimum Gasteiger partial charge on any atom is -0.370 e. The van der Waals surface area contributed by atoms with Crippen molar-refractivity contribution in [2.24, 2.45) is 5.73 Å². The minimum absolute atomic E-state index is 0.0354. The van der Waals surface area contributed by atoms with Crippen LogP contribution in [0.2, 0.25) is 0 Å². The van der Waals surface area contributed by atoms with Crippen LogP contribution in [0.3, 0.4) is 0 Å². The van der Waals surface area contributed by atoms with Crippen molar-refractivity contribution in [2.75, 3.05) is 6.54 Å². The zero-order valence-electron chi connectivity index (χ0n) is 12.4. The predicted molar refractivity (Wildman–Crippen MR) is 82.9 cm³/mol. The summed E-state index contributed by atoms with van der Waals surface area (Å²) in [4.78, 5) is 0. The van der Waals surface area contributed by atoms with Crippen molar-refractivity contribution in [3.05, 3.63) is 36.0 Å². The lowest BCUT2D eigenvalue weighted by Crippen LogP contribution is -2.22. The summed E-state index contributed by atoms with van der Waals surface area (Å²) in [6.45, 7) is 5.99. The normalized spacial score (nSPS) is 21.6. The van der Waals surface area contributed by atoms with E-state index in [1.165, 1.54) is 16.5 Å². The van der Waals surface area contributed by atoms with Crippen molar-refractivity contribution in [2.45, 2.75) is 51.4 Å². The molecule has 0 spiro atoms. The van der Waals surface area contributed by atoms with E-state index < -0.39 is 0 Å². The zero-order chi connectivity index (χ0) is 14.2. The maximum absolute atomic E-state index is 6.13. The van der Waals surface area contributed by atoms with Crippen LogP contribution in [0.15, 0.2) is 30.5 Å². The lowest BCUT2D eigenvalue weighted by atomic mass is 10.1. The first kappa shape index (κ1) is 13.7. The van der Waals surface area contributed by atoms with Gasteiger partial charge < -0.3 is 15.0 Å². The quantitative estimate of drug-likeness (QED) is 0.929. The number of hydrogen-bond donors (Lipinski definition) is 1. The van der Waals surface area contributed by atoms with Crippen LogP contribution in [0.5, 0.6) is 0 Å². The van der Waals surface area contributed by atoms with Crippen molar-refractivity contribution in [1.82, 2.24) is 4.57 Å². The highest BCUT2D eigenvalue weighted by Gasteiger charge is 2.31. The van der Waals surface area contributed by atoms with Crippen LogP contribution in [-0.2, 0) is 17.7 Å². The Hall–Kier alpha value is -1.32. The maximum Gasteiger partial charge on any atom is 0.0762 e. The highest BCUT2D eigenvalue weighted by atomic mass is 16.5. The Morgan fingerprint density at radius 2 is 2.20 bits per heavy atom. The van der Waals surface area contributed by atoms with Crippen LogP contribution in [0.25, 0.3) is 10.9 Å². The largest absolute Gasteiger partial charge is 0.370 e. The molecular formula is C17H24N2O. The van der Waals surface area contributed by atoms with Crippen LogP contribution in [-0.4, -0.2) is 22.8 Å². The predicted octanol–water partition coefficient (Wildman–Crippen LogP) is 3.10. The summed E-state index contributed by atoms with van der Waals surface area (Å²) in [5.41, 5.74) is 8.44. The van der Waals surface area contributed by atoms with Crippen molar-refractivity contribution < 1.29 is 4.74 Å². The average Bonchev–Trinajstić information content (AvgIpc) is 2.95. The van der Waals surface area contributed by atoms with Gasteiger partial charge in [-0.25, -0.2) is 0 Å². The monoisotopic (exact) mass is 272 g/mol. The number of aromatic nitrogens is 1. The fourth-order valence-electron chi connectivity index (χ4n) is 3.28. The second-order valence-corrected chi connectivity index (χ2v) is 6.40.